The topological polar surface area (TPSA) is 158 Å². The molecule has 0 aliphatic carbocycles. The van der Waals surface area contributed by atoms with Crippen LogP contribution in [0.5, 0.6) is 17.2 Å². The van der Waals surface area contributed by atoms with E-state index in [1.54, 1.807) is 24.3 Å². The second-order valence-corrected chi connectivity index (χ2v) is 7.79. The number of phenols is 3. The number of aromatic hydroxyl groups is 3. The van der Waals surface area contributed by atoms with E-state index in [-0.39, 0.29) is 42.1 Å². The normalized spacial score (nSPS) is 9.08. The fourth-order valence-electron chi connectivity index (χ4n) is 3.06. The minimum Gasteiger partial charge on any atom is -0.545 e. The van der Waals surface area contributed by atoms with Crippen LogP contribution in [-0.4, -0.2) is 34.0 Å². The molecule has 0 fully saturated rings. The third-order valence-corrected chi connectivity index (χ3v) is 5.00. The van der Waals surface area contributed by atoms with E-state index >= 15 is 0 Å². The maximum absolute atomic E-state index is 10.2. The van der Waals surface area contributed by atoms with E-state index in [1.807, 2.05) is 18.9 Å². The molecule has 0 atom stereocenters. The average Bonchev–Trinajstić information content (AvgIpc) is 2.89. The van der Waals surface area contributed by atoms with Gasteiger partial charge in [0, 0.05) is 11.1 Å². The van der Waals surface area contributed by atoms with Crippen LogP contribution in [0.4, 0.5) is 0 Å². The number of carbonyl (C=O) groups excluding carboxylic acids is 3. The number of para-hydroxylation sites is 2. The van der Waals surface area contributed by atoms with E-state index in [2.05, 4.69) is 6.92 Å². The van der Waals surface area contributed by atoms with Crippen LogP contribution in [0.3, 0.4) is 0 Å². The zero-order valence-electron chi connectivity index (χ0n) is 21.7. The minimum atomic E-state index is -1.36. The number of carboxylic acids is 2. The summed E-state index contributed by atoms with van der Waals surface area (Å²) < 4.78 is 0. The molecule has 200 valence electrons. The third-order valence-electron chi connectivity index (χ3n) is 5.00. The van der Waals surface area contributed by atoms with E-state index in [1.165, 1.54) is 80.5 Å². The standard InChI is InChI=1S/C14H22O.2C7H6O3.CH2O.Zn/c1-2-3-4-5-6-7-8-13-9-11-14(15)12-10-13;2*8-6-4-2-1-3-5(6)7(9)10;1-2;/h9-12,15H,2-8H2,1H3;2*1-4,8H,(H,9,10);1H2;/q;;;;+2/p-2. The molecule has 0 aromatic heterocycles. The molecule has 0 saturated heterocycles. The number of benzene rings is 3. The molecule has 0 aliphatic rings. The van der Waals surface area contributed by atoms with Crippen molar-refractivity contribution in [2.45, 2.75) is 51.9 Å². The van der Waals surface area contributed by atoms with Gasteiger partial charge in [-0.1, -0.05) is 75.4 Å². The monoisotopic (exact) mass is 574 g/mol. The maximum Gasteiger partial charge on any atom is 2.00 e. The van der Waals surface area contributed by atoms with Crippen LogP contribution in [0.1, 0.15) is 71.7 Å². The Kier molecular flexibility index (Phi) is 21.6. The SMILES string of the molecule is C=O.CCCCCCCCc1ccc(O)cc1.O=C([O-])c1ccccc1O.O=C([O-])c1ccccc1O.[Zn+2]. The van der Waals surface area contributed by atoms with Gasteiger partial charge in [0.25, 0.3) is 0 Å². The molecule has 0 aliphatic heterocycles. The number of rotatable bonds is 9. The molecular weight excluding hydrogens is 542 g/mol. The first-order valence-electron chi connectivity index (χ1n) is 11.8. The second-order valence-electron chi connectivity index (χ2n) is 7.79. The summed E-state index contributed by atoms with van der Waals surface area (Å²) in [6.07, 6.45) is 9.19. The Morgan fingerprint density at radius 2 is 1.05 bits per heavy atom. The second kappa shape index (κ2) is 22.5. The molecule has 3 rings (SSSR count). The number of hydrogen-bond acceptors (Lipinski definition) is 8. The zero-order valence-corrected chi connectivity index (χ0v) is 24.6. The van der Waals surface area contributed by atoms with Gasteiger partial charge in [-0.05, 0) is 54.8 Å². The number of carboxylic acid groups (broad SMARTS) is 2. The molecule has 0 spiro atoms. The number of hydrogen-bond donors (Lipinski definition) is 3. The summed E-state index contributed by atoms with van der Waals surface area (Å²) in [5, 5.41) is 47.1. The molecule has 38 heavy (non-hydrogen) atoms. The number of aryl methyl sites for hydroxylation is 1. The van der Waals surface area contributed by atoms with Crippen LogP contribution in [-0.2, 0) is 30.7 Å². The first-order valence-corrected chi connectivity index (χ1v) is 11.8. The summed E-state index contributed by atoms with van der Waals surface area (Å²) >= 11 is 0. The molecule has 8 nitrogen and oxygen atoms in total. The van der Waals surface area contributed by atoms with Crippen LogP contribution in [0.15, 0.2) is 72.8 Å². The fourth-order valence-corrected chi connectivity index (χ4v) is 3.06. The Morgan fingerprint density at radius 3 is 1.42 bits per heavy atom. The summed E-state index contributed by atoms with van der Waals surface area (Å²) in [5.41, 5.74) is 0.980. The Bertz CT molecular complexity index is 999. The number of aromatic carboxylic acids is 2. The molecule has 0 radical (unpaired) electrons. The molecule has 0 amide bonds. The van der Waals surface area contributed by atoms with E-state index in [0.717, 1.165) is 6.42 Å². The number of phenolic OH excluding ortho intramolecular Hbond substituents is 1. The van der Waals surface area contributed by atoms with Crippen LogP contribution in [0, 0.1) is 0 Å². The van der Waals surface area contributed by atoms with Gasteiger partial charge in [-0.25, -0.2) is 0 Å². The predicted octanol–water partition coefficient (Wildman–Crippen LogP) is 3.62. The van der Waals surface area contributed by atoms with Gasteiger partial charge in [-0.15, -0.1) is 0 Å². The zero-order chi connectivity index (χ0) is 28.1. The van der Waals surface area contributed by atoms with Crippen molar-refractivity contribution < 1.29 is 59.4 Å². The van der Waals surface area contributed by atoms with Crippen molar-refractivity contribution >= 4 is 18.7 Å². The van der Waals surface area contributed by atoms with Gasteiger partial charge in [0.15, 0.2) is 0 Å². The number of carbonyl (C=O) groups is 3. The molecule has 0 heterocycles. The van der Waals surface area contributed by atoms with Gasteiger partial charge < -0.3 is 39.9 Å². The smallest absolute Gasteiger partial charge is 0.545 e. The maximum atomic E-state index is 10.2. The molecule has 3 aromatic rings. The van der Waals surface area contributed by atoms with E-state index < -0.39 is 11.9 Å². The van der Waals surface area contributed by atoms with E-state index in [9.17, 15) is 19.8 Å². The first-order chi connectivity index (χ1) is 17.8. The summed E-state index contributed by atoms with van der Waals surface area (Å²) in [7, 11) is 0. The molecule has 0 bridgehead atoms. The van der Waals surface area contributed by atoms with Crippen molar-refractivity contribution in [3.63, 3.8) is 0 Å². The molecule has 9 heteroatoms. The number of unbranched alkanes of at least 4 members (excludes halogenated alkanes) is 5. The minimum absolute atomic E-state index is 0. The summed E-state index contributed by atoms with van der Waals surface area (Å²) in [6.45, 7) is 4.25. The van der Waals surface area contributed by atoms with Crippen molar-refractivity contribution in [3.8, 4) is 17.2 Å². The van der Waals surface area contributed by atoms with Crippen molar-refractivity contribution in [2.75, 3.05) is 0 Å². The van der Waals surface area contributed by atoms with Crippen LogP contribution >= 0.6 is 0 Å². The van der Waals surface area contributed by atoms with Crippen molar-refractivity contribution in [2.24, 2.45) is 0 Å². The summed E-state index contributed by atoms with van der Waals surface area (Å²) in [5.74, 6) is -2.89. The quantitative estimate of drug-likeness (QED) is 0.258. The van der Waals surface area contributed by atoms with Crippen LogP contribution in [0.2, 0.25) is 0 Å². The van der Waals surface area contributed by atoms with Gasteiger partial charge in [-0.2, -0.15) is 0 Å². The Hall–Kier alpha value is -3.71. The summed E-state index contributed by atoms with van der Waals surface area (Å²) in [6, 6.07) is 18.9. The average molecular weight is 576 g/mol. The van der Waals surface area contributed by atoms with Gasteiger partial charge in [-0.3, -0.25) is 0 Å². The molecular formula is C29H34O8Zn. The molecule has 0 saturated carbocycles. The van der Waals surface area contributed by atoms with Gasteiger partial charge in [0.05, 0.1) is 11.9 Å². The largest absolute Gasteiger partial charge is 2.00 e. The molecule has 0 unspecified atom stereocenters. The summed E-state index contributed by atoms with van der Waals surface area (Å²) in [4.78, 5) is 28.3. The van der Waals surface area contributed by atoms with Crippen LogP contribution in [0.25, 0.3) is 0 Å². The first kappa shape index (κ1) is 36.5. The van der Waals surface area contributed by atoms with Crippen molar-refractivity contribution in [1.82, 2.24) is 0 Å². The Balaban J connectivity index is 0. The van der Waals surface area contributed by atoms with Crippen molar-refractivity contribution in [1.29, 1.82) is 0 Å². The van der Waals surface area contributed by atoms with E-state index in [0.29, 0.717) is 5.75 Å². The van der Waals surface area contributed by atoms with Crippen molar-refractivity contribution in [3.05, 3.63) is 89.5 Å². The Labute approximate surface area is 236 Å². The van der Waals surface area contributed by atoms with Gasteiger partial charge in [0.1, 0.15) is 24.0 Å². The fraction of sp³-hybridized carbons (Fsp3) is 0.276. The Morgan fingerprint density at radius 1 is 0.658 bits per heavy atom. The predicted molar refractivity (Wildman–Crippen MR) is 137 cm³/mol. The molecule has 3 N–H and O–H groups in total. The third kappa shape index (κ3) is 16.1. The van der Waals surface area contributed by atoms with Gasteiger partial charge >= 0.3 is 19.5 Å². The van der Waals surface area contributed by atoms with Gasteiger partial charge in [0.2, 0.25) is 0 Å². The van der Waals surface area contributed by atoms with Crippen LogP contribution < -0.4 is 10.2 Å². The molecule has 3 aromatic carbocycles. The van der Waals surface area contributed by atoms with E-state index in [4.69, 9.17) is 20.1 Å².